The van der Waals surface area contributed by atoms with E-state index >= 15 is 0 Å². The van der Waals surface area contributed by atoms with Crippen LogP contribution in [0.2, 0.25) is 0 Å². The first-order valence-corrected chi connectivity index (χ1v) is 12.9. The van der Waals surface area contributed by atoms with Crippen LogP contribution in [0, 0.1) is 5.82 Å². The van der Waals surface area contributed by atoms with Gasteiger partial charge in [0.15, 0.2) is 0 Å². The number of benzene rings is 2. The van der Waals surface area contributed by atoms with Gasteiger partial charge in [-0.05, 0) is 70.2 Å². The second-order valence-electron chi connectivity index (χ2n) is 8.33. The molecule has 0 radical (unpaired) electrons. The lowest BCUT2D eigenvalue weighted by atomic mass is 10.0. The molecule has 2 aromatic carbocycles. The Labute approximate surface area is 227 Å². The number of carboxylic acids is 1. The van der Waals surface area contributed by atoms with Crippen LogP contribution >= 0.6 is 23.1 Å². The summed E-state index contributed by atoms with van der Waals surface area (Å²) in [6, 6.07) is 10.4. The number of rotatable bonds is 8. The number of carbonyl (C=O) groups excluding carboxylic acids is 3. The van der Waals surface area contributed by atoms with Gasteiger partial charge >= 0.3 is 12.1 Å². The van der Waals surface area contributed by atoms with E-state index in [1.807, 2.05) is 0 Å². The van der Waals surface area contributed by atoms with Crippen molar-refractivity contribution in [1.29, 1.82) is 0 Å². The van der Waals surface area contributed by atoms with Crippen molar-refractivity contribution in [2.24, 2.45) is 0 Å². The molecule has 1 aromatic heterocycles. The number of thiophene rings is 1. The maximum absolute atomic E-state index is 13.6. The number of nitrogens with one attached hydrogen (secondary N) is 1. The zero-order valence-corrected chi connectivity index (χ0v) is 21.4. The van der Waals surface area contributed by atoms with Crippen molar-refractivity contribution >= 4 is 57.9 Å². The van der Waals surface area contributed by atoms with Crippen molar-refractivity contribution < 1.29 is 41.8 Å². The third-order valence-electron chi connectivity index (χ3n) is 5.53. The van der Waals surface area contributed by atoms with Crippen molar-refractivity contribution in [3.05, 3.63) is 80.6 Å². The molecule has 13 heteroatoms. The number of amides is 3. The molecule has 0 saturated carbocycles. The molecule has 1 saturated heterocycles. The van der Waals surface area contributed by atoms with Gasteiger partial charge in [-0.3, -0.25) is 24.1 Å². The quantitative estimate of drug-likeness (QED) is 0.241. The molecule has 3 amide bonds. The van der Waals surface area contributed by atoms with Crippen molar-refractivity contribution in [3.8, 4) is 11.1 Å². The summed E-state index contributed by atoms with van der Waals surface area (Å²) in [4.78, 5) is 49.7. The minimum Gasteiger partial charge on any atom is -0.481 e. The van der Waals surface area contributed by atoms with E-state index in [0.717, 1.165) is 22.3 Å². The summed E-state index contributed by atoms with van der Waals surface area (Å²) >= 11 is 1.81. The van der Waals surface area contributed by atoms with E-state index in [1.165, 1.54) is 18.2 Å². The molecule has 0 aliphatic carbocycles. The Morgan fingerprint density at radius 1 is 1.03 bits per heavy atom. The van der Waals surface area contributed by atoms with Crippen molar-refractivity contribution in [2.75, 3.05) is 11.9 Å². The second kappa shape index (κ2) is 11.4. The highest BCUT2D eigenvalue weighted by atomic mass is 32.2. The average Bonchev–Trinajstić information content (AvgIpc) is 3.42. The fourth-order valence-electron chi connectivity index (χ4n) is 3.64. The maximum atomic E-state index is 13.6. The van der Waals surface area contributed by atoms with Gasteiger partial charge in [-0.25, -0.2) is 4.39 Å². The van der Waals surface area contributed by atoms with Crippen LogP contribution in [0.15, 0.2) is 58.8 Å². The number of imide groups is 1. The zero-order valence-electron chi connectivity index (χ0n) is 19.8. The molecule has 0 atom stereocenters. The number of halogens is 4. The van der Waals surface area contributed by atoms with E-state index in [1.54, 1.807) is 29.6 Å². The number of carbonyl (C=O) groups is 4. The molecule has 2 N–H and O–H groups in total. The highest BCUT2D eigenvalue weighted by Gasteiger charge is 2.36. The molecule has 4 rings (SSSR count). The molecule has 7 nitrogen and oxygen atoms in total. The fraction of sp³-hybridized carbons (Fsp3) is 0.154. The number of carboxylic acid groups (broad SMARTS) is 1. The van der Waals surface area contributed by atoms with E-state index in [-0.39, 0.29) is 29.9 Å². The Balaban J connectivity index is 1.38. The van der Waals surface area contributed by atoms with Crippen LogP contribution in [0.25, 0.3) is 17.2 Å². The molecular weight excluding hydrogens is 560 g/mol. The lowest BCUT2D eigenvalue weighted by Crippen LogP contribution is -2.31. The van der Waals surface area contributed by atoms with Gasteiger partial charge in [-0.1, -0.05) is 18.2 Å². The molecular formula is C26H18F4N2O5S2. The van der Waals surface area contributed by atoms with Crippen molar-refractivity contribution in [3.63, 3.8) is 0 Å². The number of hydrogen-bond donors (Lipinski definition) is 2. The molecule has 1 aliphatic heterocycles. The molecule has 0 bridgehead atoms. The van der Waals surface area contributed by atoms with E-state index in [9.17, 15) is 36.7 Å². The molecule has 3 aromatic rings. The third kappa shape index (κ3) is 6.92. The largest absolute Gasteiger partial charge is 0.481 e. The molecule has 202 valence electrons. The monoisotopic (exact) mass is 578 g/mol. The van der Waals surface area contributed by atoms with Crippen LogP contribution in [0.1, 0.15) is 22.4 Å². The van der Waals surface area contributed by atoms with Crippen LogP contribution < -0.4 is 5.32 Å². The number of alkyl halides is 3. The standard InChI is InChI=1S/C26H18F4N2O5S2/c27-20-6-3-15(11-19(20)26(28,29)30)16-10-18(38-13-16)12-21-24(36)32(25(37)39-21)8-7-22(33)31-17-4-1-14(2-5-17)9-23(34)35/h1-6,10-13H,7-9H2,(H,31,33)(H,34,35). The minimum absolute atomic E-state index is 0.0953. The zero-order chi connectivity index (χ0) is 28.3. The summed E-state index contributed by atoms with van der Waals surface area (Å²) in [6.07, 6.45) is -3.73. The second-order valence-corrected chi connectivity index (χ2v) is 10.3. The van der Waals surface area contributed by atoms with Gasteiger partial charge in [0.2, 0.25) is 5.91 Å². The van der Waals surface area contributed by atoms with Crippen LogP contribution in [0.3, 0.4) is 0 Å². The lowest BCUT2D eigenvalue weighted by molar-refractivity contribution is -0.140. The molecule has 1 aliphatic rings. The summed E-state index contributed by atoms with van der Waals surface area (Å²) < 4.78 is 52.7. The predicted octanol–water partition coefficient (Wildman–Crippen LogP) is 6.27. The average molecular weight is 579 g/mol. The third-order valence-corrected chi connectivity index (χ3v) is 7.31. The van der Waals surface area contributed by atoms with E-state index in [0.29, 0.717) is 39.5 Å². The summed E-state index contributed by atoms with van der Waals surface area (Å²) in [7, 11) is 0. The summed E-state index contributed by atoms with van der Waals surface area (Å²) in [5, 5.41) is 12.4. The summed E-state index contributed by atoms with van der Waals surface area (Å²) in [5.41, 5.74) is 0.152. The molecule has 1 fully saturated rings. The highest BCUT2D eigenvalue weighted by Crippen LogP contribution is 2.37. The minimum atomic E-state index is -4.85. The summed E-state index contributed by atoms with van der Waals surface area (Å²) in [5.74, 6) is -3.42. The van der Waals surface area contributed by atoms with Crippen LogP contribution in [-0.4, -0.2) is 39.6 Å². The first-order valence-electron chi connectivity index (χ1n) is 11.2. The fourth-order valence-corrected chi connectivity index (χ4v) is 5.42. The van der Waals surface area contributed by atoms with E-state index < -0.39 is 40.6 Å². The van der Waals surface area contributed by atoms with Gasteiger partial charge in [0.1, 0.15) is 5.82 Å². The van der Waals surface area contributed by atoms with Gasteiger partial charge in [0, 0.05) is 23.5 Å². The number of hydrogen-bond acceptors (Lipinski definition) is 6. The highest BCUT2D eigenvalue weighted by molar-refractivity contribution is 8.18. The van der Waals surface area contributed by atoms with Crippen molar-refractivity contribution in [2.45, 2.75) is 19.0 Å². The lowest BCUT2D eigenvalue weighted by Gasteiger charge is -2.12. The van der Waals surface area contributed by atoms with Crippen LogP contribution in [0.5, 0.6) is 0 Å². The first kappa shape index (κ1) is 28.0. The summed E-state index contributed by atoms with van der Waals surface area (Å²) in [6.45, 7) is -0.170. The number of nitrogens with zero attached hydrogens (tertiary/aromatic N) is 1. The van der Waals surface area contributed by atoms with Gasteiger partial charge < -0.3 is 10.4 Å². The Morgan fingerprint density at radius 3 is 2.41 bits per heavy atom. The Bertz CT molecular complexity index is 1480. The van der Waals surface area contributed by atoms with Gasteiger partial charge in [0.25, 0.3) is 11.1 Å². The molecule has 0 unspecified atom stereocenters. The van der Waals surface area contributed by atoms with E-state index in [2.05, 4.69) is 5.32 Å². The Hall–Kier alpha value is -3.97. The Morgan fingerprint density at radius 2 is 1.74 bits per heavy atom. The van der Waals surface area contributed by atoms with Gasteiger partial charge in [-0.15, -0.1) is 11.3 Å². The molecule has 39 heavy (non-hydrogen) atoms. The number of anilines is 1. The first-order chi connectivity index (χ1) is 18.4. The van der Waals surface area contributed by atoms with Crippen LogP contribution in [-0.2, 0) is 27.0 Å². The smallest absolute Gasteiger partial charge is 0.419 e. The van der Waals surface area contributed by atoms with Gasteiger partial charge in [0.05, 0.1) is 16.9 Å². The SMILES string of the molecule is O=C(O)Cc1ccc(NC(=O)CCN2C(=O)SC(=Cc3cc(-c4ccc(F)c(C(F)(F)F)c4)cs3)C2=O)cc1. The van der Waals surface area contributed by atoms with Gasteiger partial charge in [-0.2, -0.15) is 13.2 Å². The number of aliphatic carboxylic acids is 1. The predicted molar refractivity (Wildman–Crippen MR) is 138 cm³/mol. The molecule has 2 heterocycles. The van der Waals surface area contributed by atoms with Crippen LogP contribution in [0.4, 0.5) is 28.0 Å². The van der Waals surface area contributed by atoms with E-state index in [4.69, 9.17) is 5.11 Å². The maximum Gasteiger partial charge on any atom is 0.419 e. The Kier molecular flexibility index (Phi) is 8.21. The topological polar surface area (TPSA) is 104 Å². The normalized spacial score (nSPS) is 14.8. The molecule has 0 spiro atoms. The number of thioether (sulfide) groups is 1. The van der Waals surface area contributed by atoms with Crippen molar-refractivity contribution in [1.82, 2.24) is 4.90 Å².